The van der Waals surface area contributed by atoms with Crippen molar-refractivity contribution in [3.8, 4) is 0 Å². The van der Waals surface area contributed by atoms with E-state index in [9.17, 15) is 9.59 Å². The van der Waals surface area contributed by atoms with Gasteiger partial charge in [0.15, 0.2) is 0 Å². The summed E-state index contributed by atoms with van der Waals surface area (Å²) in [6.07, 6.45) is 8.75. The van der Waals surface area contributed by atoms with E-state index in [2.05, 4.69) is 23.4 Å². The first-order chi connectivity index (χ1) is 12.9. The van der Waals surface area contributed by atoms with Crippen molar-refractivity contribution in [1.29, 1.82) is 0 Å². The fourth-order valence-electron chi connectivity index (χ4n) is 5.31. The van der Waals surface area contributed by atoms with Gasteiger partial charge in [0, 0.05) is 26.2 Å². The van der Waals surface area contributed by atoms with E-state index in [1.54, 1.807) is 0 Å². The smallest absolute Gasteiger partial charge is 0.232 e. The molecule has 2 amide bonds. The average molecular weight is 414 g/mol. The summed E-state index contributed by atoms with van der Waals surface area (Å²) in [5.41, 5.74) is 0. The summed E-state index contributed by atoms with van der Waals surface area (Å²) in [4.78, 5) is 25.9. The lowest BCUT2D eigenvalue weighted by Crippen LogP contribution is -2.54. The van der Waals surface area contributed by atoms with Gasteiger partial charge in [-0.25, -0.2) is 9.34 Å². The molecular formula is C18H32N4O3P2. The predicted molar refractivity (Wildman–Crippen MR) is 107 cm³/mol. The maximum absolute atomic E-state index is 13.0. The van der Waals surface area contributed by atoms with Gasteiger partial charge in [0.2, 0.25) is 28.7 Å². The third-order valence-corrected chi connectivity index (χ3v) is 11.2. The van der Waals surface area contributed by atoms with Gasteiger partial charge < -0.3 is 0 Å². The van der Waals surface area contributed by atoms with Crippen LogP contribution in [0.5, 0.6) is 0 Å². The van der Waals surface area contributed by atoms with Crippen molar-refractivity contribution in [2.75, 3.05) is 28.2 Å². The molecule has 2 heterocycles. The molecule has 0 spiro atoms. The van der Waals surface area contributed by atoms with Crippen molar-refractivity contribution in [1.82, 2.24) is 18.7 Å². The van der Waals surface area contributed by atoms with Gasteiger partial charge in [-0.05, 0) is 39.8 Å². The van der Waals surface area contributed by atoms with Crippen molar-refractivity contribution in [3.05, 3.63) is 0 Å². The predicted octanol–water partition coefficient (Wildman–Crippen LogP) is 3.38. The quantitative estimate of drug-likeness (QED) is 0.649. The van der Waals surface area contributed by atoms with Crippen LogP contribution >= 0.6 is 16.9 Å². The number of carbonyl (C=O) groups excluding carboxylic acids is 2. The maximum Gasteiger partial charge on any atom is 0.232 e. The van der Waals surface area contributed by atoms with Crippen LogP contribution in [0, 0.1) is 11.8 Å². The van der Waals surface area contributed by atoms with Crippen molar-refractivity contribution in [2.24, 2.45) is 11.8 Å². The maximum atomic E-state index is 13.0. The van der Waals surface area contributed by atoms with Crippen molar-refractivity contribution < 1.29 is 13.9 Å². The monoisotopic (exact) mass is 414 g/mol. The molecule has 4 aliphatic rings. The van der Waals surface area contributed by atoms with E-state index < -0.39 is 16.9 Å². The summed E-state index contributed by atoms with van der Waals surface area (Å²) in [5.74, 6) is 0.663. The zero-order valence-corrected chi connectivity index (χ0v) is 18.7. The molecule has 4 fully saturated rings. The summed E-state index contributed by atoms with van der Waals surface area (Å²) in [5, 5.41) is 0. The normalized spacial score (nSPS) is 41.5. The second kappa shape index (κ2) is 7.84. The molecule has 2 saturated heterocycles. The first-order valence-electron chi connectivity index (χ1n) is 10.2. The van der Waals surface area contributed by atoms with Crippen LogP contribution in [-0.4, -0.2) is 70.8 Å². The molecule has 0 aromatic rings. The highest BCUT2D eigenvalue weighted by Gasteiger charge is 2.51. The number of rotatable bonds is 2. The third kappa shape index (κ3) is 3.34. The largest absolute Gasteiger partial charge is 0.289 e. The fourth-order valence-corrected chi connectivity index (χ4v) is 10.2. The molecule has 0 aromatic heterocycles. The van der Waals surface area contributed by atoms with Gasteiger partial charge in [0.25, 0.3) is 0 Å². The zero-order chi connectivity index (χ0) is 19.3. The molecule has 0 N–H and O–H groups in total. The zero-order valence-electron chi connectivity index (χ0n) is 16.9. The second-order valence-corrected chi connectivity index (χ2v) is 12.5. The molecule has 9 heteroatoms. The Hall–Kier alpha value is -0.320. The Morgan fingerprint density at radius 2 is 1.07 bits per heavy atom. The number of carbonyl (C=O) groups is 2. The Kier molecular flexibility index (Phi) is 5.80. The summed E-state index contributed by atoms with van der Waals surface area (Å²) in [6.45, 7) is 0. The number of hydrogen-bond acceptors (Lipinski definition) is 5. The lowest BCUT2D eigenvalue weighted by atomic mass is 9.84. The van der Waals surface area contributed by atoms with Gasteiger partial charge in [-0.15, -0.1) is 0 Å². The molecule has 0 radical (unpaired) electrons. The summed E-state index contributed by atoms with van der Waals surface area (Å²) in [6, 6.07) is 0.559. The van der Waals surface area contributed by atoms with Crippen LogP contribution in [0.2, 0.25) is 0 Å². The van der Waals surface area contributed by atoms with Gasteiger partial charge in [-0.1, -0.05) is 25.7 Å². The minimum atomic E-state index is -1.19. The van der Waals surface area contributed by atoms with Gasteiger partial charge >= 0.3 is 0 Å². The number of nitrogens with zero attached hydrogens (tertiary/aromatic N) is 4. The second-order valence-electron chi connectivity index (χ2n) is 8.37. The van der Waals surface area contributed by atoms with Gasteiger partial charge in [-0.3, -0.25) is 23.2 Å². The van der Waals surface area contributed by atoms with Crippen LogP contribution < -0.4 is 0 Å². The number of hydrogen-bond donors (Lipinski definition) is 0. The van der Waals surface area contributed by atoms with E-state index in [0.717, 1.165) is 38.5 Å². The Balaban J connectivity index is 1.54. The standard InChI is InChI=1S/C18H32N4O3P2/c1-19-15-11-7-5-9-13(15)17(23)21(3)26(19)25-27-20(2)16-12-8-6-10-14(16)18(24)22(27)4/h13-16H,5-12H2,1-4H3. The average Bonchev–Trinajstić information content (AvgIpc) is 2.70. The first-order valence-corrected chi connectivity index (χ1v) is 12.5. The molecule has 7 nitrogen and oxygen atoms in total. The molecule has 0 aromatic carbocycles. The van der Waals surface area contributed by atoms with E-state index >= 15 is 0 Å². The van der Waals surface area contributed by atoms with E-state index in [4.69, 9.17) is 4.31 Å². The Labute approximate surface area is 165 Å². The Morgan fingerprint density at radius 3 is 1.48 bits per heavy atom. The molecule has 2 aliphatic carbocycles. The van der Waals surface area contributed by atoms with Crippen LogP contribution in [0.1, 0.15) is 51.4 Å². The molecule has 152 valence electrons. The molecule has 4 rings (SSSR count). The molecule has 0 bridgehead atoms. The van der Waals surface area contributed by atoms with Crippen LogP contribution in [0.3, 0.4) is 0 Å². The van der Waals surface area contributed by atoms with Crippen LogP contribution in [-0.2, 0) is 13.9 Å². The van der Waals surface area contributed by atoms with Crippen molar-refractivity contribution >= 4 is 28.7 Å². The van der Waals surface area contributed by atoms with E-state index in [0.29, 0.717) is 0 Å². The van der Waals surface area contributed by atoms with Crippen molar-refractivity contribution in [3.63, 3.8) is 0 Å². The van der Waals surface area contributed by atoms with Crippen LogP contribution in [0.15, 0.2) is 0 Å². The van der Waals surface area contributed by atoms with Gasteiger partial charge in [-0.2, -0.15) is 0 Å². The molecule has 2 saturated carbocycles. The fraction of sp³-hybridized carbons (Fsp3) is 0.889. The van der Waals surface area contributed by atoms with E-state index in [1.165, 1.54) is 12.8 Å². The topological polar surface area (TPSA) is 56.3 Å². The molecular weight excluding hydrogens is 382 g/mol. The minimum absolute atomic E-state index is 0.107. The van der Waals surface area contributed by atoms with Crippen LogP contribution in [0.25, 0.3) is 0 Å². The lowest BCUT2D eigenvalue weighted by Gasteiger charge is -2.53. The summed E-state index contributed by atoms with van der Waals surface area (Å²) >= 11 is 0. The molecule has 6 unspecified atom stereocenters. The molecule has 2 aliphatic heterocycles. The van der Waals surface area contributed by atoms with Gasteiger partial charge in [0.05, 0.1) is 11.8 Å². The molecule has 6 atom stereocenters. The van der Waals surface area contributed by atoms with E-state index in [1.807, 2.05) is 23.4 Å². The number of fused-ring (bicyclic) bond motifs is 2. The van der Waals surface area contributed by atoms with Crippen molar-refractivity contribution in [2.45, 2.75) is 63.5 Å². The highest BCUT2D eigenvalue weighted by Crippen LogP contribution is 2.65. The summed E-state index contributed by atoms with van der Waals surface area (Å²) in [7, 11) is 5.58. The van der Waals surface area contributed by atoms with Crippen LogP contribution in [0.4, 0.5) is 0 Å². The minimum Gasteiger partial charge on any atom is -0.289 e. The highest BCUT2D eigenvalue weighted by molar-refractivity contribution is 7.61. The molecule has 27 heavy (non-hydrogen) atoms. The van der Waals surface area contributed by atoms with Gasteiger partial charge in [0.1, 0.15) is 0 Å². The SMILES string of the molecule is CN1C(=O)C2CCCCC2N(C)P1OP1N(C)C(=O)C2CCCCC2N1C. The third-order valence-electron chi connectivity index (χ3n) is 6.89. The van der Waals surface area contributed by atoms with E-state index in [-0.39, 0.29) is 35.7 Å². The summed E-state index contributed by atoms with van der Waals surface area (Å²) < 4.78 is 14.8. The Morgan fingerprint density at radius 1 is 0.704 bits per heavy atom. The number of amides is 2. The lowest BCUT2D eigenvalue weighted by molar-refractivity contribution is -0.134. The Bertz CT molecular complexity index is 559. The first kappa shape index (κ1) is 20.0. The highest BCUT2D eigenvalue weighted by atomic mass is 31.2.